The minimum atomic E-state index is 0.737. The van der Waals surface area contributed by atoms with Crippen molar-refractivity contribution < 1.29 is 0 Å². The molecule has 0 saturated carbocycles. The maximum Gasteiger partial charge on any atom is 0.146 e. The van der Waals surface area contributed by atoms with Crippen LogP contribution in [0.25, 0.3) is 0 Å². The van der Waals surface area contributed by atoms with Crippen LogP contribution < -0.4 is 4.90 Å². The topological polar surface area (TPSA) is 39.9 Å². The van der Waals surface area contributed by atoms with Crippen LogP contribution in [0.2, 0.25) is 0 Å². The summed E-state index contributed by atoms with van der Waals surface area (Å²) < 4.78 is 0. The molecule has 0 bridgehead atoms. The van der Waals surface area contributed by atoms with Crippen molar-refractivity contribution in [3.05, 3.63) is 22.9 Å². The Hall–Kier alpha value is -1.56. The molecule has 0 aliphatic heterocycles. The fraction of sp³-hybridized carbons (Fsp3) is 0.571. The smallest absolute Gasteiger partial charge is 0.146 e. The predicted octanol–water partition coefficient (Wildman–Crippen LogP) is 2.68. The van der Waals surface area contributed by atoms with Crippen LogP contribution in [0.5, 0.6) is 0 Å². The lowest BCUT2D eigenvalue weighted by Gasteiger charge is -2.23. The zero-order valence-electron chi connectivity index (χ0n) is 10.7. The standard InChI is InChI=1S/C14H19N3/c1-3-8-17(4-2)14-12(10-15)9-11-6-5-7-13(11)16-14/h9H,3-8H2,1-2H3. The number of nitrogens with zero attached hydrogens (tertiary/aromatic N) is 3. The normalized spacial score (nSPS) is 13.2. The highest BCUT2D eigenvalue weighted by Gasteiger charge is 2.18. The molecule has 0 N–H and O–H groups in total. The van der Waals surface area contributed by atoms with Crippen molar-refractivity contribution in [2.75, 3.05) is 18.0 Å². The third-order valence-electron chi connectivity index (χ3n) is 3.33. The van der Waals surface area contributed by atoms with E-state index in [9.17, 15) is 5.26 Å². The van der Waals surface area contributed by atoms with Crippen molar-refractivity contribution >= 4 is 5.82 Å². The van der Waals surface area contributed by atoms with Gasteiger partial charge in [0.1, 0.15) is 11.9 Å². The Morgan fingerprint density at radius 2 is 2.24 bits per heavy atom. The number of rotatable bonds is 4. The number of nitriles is 1. The molecule has 0 amide bonds. The predicted molar refractivity (Wildman–Crippen MR) is 69.2 cm³/mol. The summed E-state index contributed by atoms with van der Waals surface area (Å²) in [6.07, 6.45) is 4.41. The van der Waals surface area contributed by atoms with Gasteiger partial charge in [0.05, 0.1) is 5.56 Å². The zero-order valence-corrected chi connectivity index (χ0v) is 10.7. The first kappa shape index (κ1) is 11.9. The molecule has 0 fully saturated rings. The largest absolute Gasteiger partial charge is 0.356 e. The molecule has 0 aromatic carbocycles. The molecular formula is C14H19N3. The lowest BCUT2D eigenvalue weighted by molar-refractivity contribution is 0.773. The van der Waals surface area contributed by atoms with Gasteiger partial charge in [-0.2, -0.15) is 5.26 Å². The minimum Gasteiger partial charge on any atom is -0.356 e. The van der Waals surface area contributed by atoms with Crippen LogP contribution in [0.4, 0.5) is 5.82 Å². The van der Waals surface area contributed by atoms with Crippen molar-refractivity contribution in [2.45, 2.75) is 39.5 Å². The van der Waals surface area contributed by atoms with Crippen molar-refractivity contribution in [2.24, 2.45) is 0 Å². The summed E-state index contributed by atoms with van der Waals surface area (Å²) in [5.74, 6) is 0.887. The van der Waals surface area contributed by atoms with Crippen molar-refractivity contribution in [1.29, 1.82) is 5.26 Å². The van der Waals surface area contributed by atoms with Crippen LogP contribution in [-0.2, 0) is 12.8 Å². The number of fused-ring (bicyclic) bond motifs is 1. The summed E-state index contributed by atoms with van der Waals surface area (Å²) in [6.45, 7) is 6.15. The fourth-order valence-electron chi connectivity index (χ4n) is 2.47. The molecule has 1 aliphatic carbocycles. The Bertz CT molecular complexity index is 446. The third kappa shape index (κ3) is 2.26. The molecule has 3 nitrogen and oxygen atoms in total. The van der Waals surface area contributed by atoms with E-state index in [1.807, 2.05) is 6.07 Å². The van der Waals surface area contributed by atoms with Crippen molar-refractivity contribution in [1.82, 2.24) is 4.98 Å². The second kappa shape index (κ2) is 5.18. The molecule has 1 heterocycles. The fourth-order valence-corrected chi connectivity index (χ4v) is 2.47. The Kier molecular flexibility index (Phi) is 3.63. The number of aryl methyl sites for hydroxylation is 2. The molecule has 1 aliphatic rings. The molecular weight excluding hydrogens is 210 g/mol. The molecule has 0 unspecified atom stereocenters. The highest BCUT2D eigenvalue weighted by Crippen LogP contribution is 2.27. The SMILES string of the molecule is CCCN(CC)c1nc2c(cc1C#N)CCC2. The number of anilines is 1. The van der Waals surface area contributed by atoms with E-state index in [0.29, 0.717) is 0 Å². The van der Waals surface area contributed by atoms with Crippen LogP contribution in [0, 0.1) is 11.3 Å². The molecule has 17 heavy (non-hydrogen) atoms. The van der Waals surface area contributed by atoms with E-state index in [2.05, 4.69) is 24.8 Å². The van der Waals surface area contributed by atoms with Gasteiger partial charge in [0.2, 0.25) is 0 Å². The van der Waals surface area contributed by atoms with Gasteiger partial charge in [-0.05, 0) is 44.2 Å². The van der Waals surface area contributed by atoms with Crippen LogP contribution >= 0.6 is 0 Å². The number of hydrogen-bond donors (Lipinski definition) is 0. The van der Waals surface area contributed by atoms with Gasteiger partial charge in [0.15, 0.2) is 0 Å². The van der Waals surface area contributed by atoms with Gasteiger partial charge in [0.25, 0.3) is 0 Å². The minimum absolute atomic E-state index is 0.737. The first-order valence-electron chi connectivity index (χ1n) is 6.48. The van der Waals surface area contributed by atoms with E-state index in [1.54, 1.807) is 0 Å². The van der Waals surface area contributed by atoms with E-state index in [4.69, 9.17) is 4.98 Å². The lowest BCUT2D eigenvalue weighted by atomic mass is 10.1. The van der Waals surface area contributed by atoms with Crippen LogP contribution in [0.3, 0.4) is 0 Å². The monoisotopic (exact) mass is 229 g/mol. The maximum absolute atomic E-state index is 9.25. The highest BCUT2D eigenvalue weighted by atomic mass is 15.2. The number of pyridine rings is 1. The van der Waals surface area contributed by atoms with Gasteiger partial charge in [-0.25, -0.2) is 4.98 Å². The van der Waals surface area contributed by atoms with Gasteiger partial charge in [-0.15, -0.1) is 0 Å². The van der Waals surface area contributed by atoms with Crippen LogP contribution in [-0.4, -0.2) is 18.1 Å². The summed E-state index contributed by atoms with van der Waals surface area (Å²) in [6, 6.07) is 4.34. The summed E-state index contributed by atoms with van der Waals surface area (Å²) in [5.41, 5.74) is 3.22. The molecule has 1 aromatic heterocycles. The van der Waals surface area contributed by atoms with Crippen LogP contribution in [0.15, 0.2) is 6.07 Å². The summed E-state index contributed by atoms with van der Waals surface area (Å²) >= 11 is 0. The molecule has 1 aromatic rings. The molecule has 0 spiro atoms. The Labute approximate surface area is 103 Å². The molecule has 2 rings (SSSR count). The van der Waals surface area contributed by atoms with Gasteiger partial charge in [-0.3, -0.25) is 0 Å². The second-order valence-electron chi connectivity index (χ2n) is 4.51. The Morgan fingerprint density at radius 1 is 1.41 bits per heavy atom. The molecule has 0 saturated heterocycles. The first-order chi connectivity index (χ1) is 8.30. The Morgan fingerprint density at radius 3 is 2.88 bits per heavy atom. The summed E-state index contributed by atoms with van der Waals surface area (Å²) in [4.78, 5) is 6.92. The summed E-state index contributed by atoms with van der Waals surface area (Å²) in [5, 5.41) is 9.25. The quantitative estimate of drug-likeness (QED) is 0.797. The zero-order chi connectivity index (χ0) is 12.3. The van der Waals surface area contributed by atoms with Gasteiger partial charge in [-0.1, -0.05) is 6.92 Å². The average Bonchev–Trinajstić information content (AvgIpc) is 2.81. The second-order valence-corrected chi connectivity index (χ2v) is 4.51. The van der Waals surface area contributed by atoms with E-state index >= 15 is 0 Å². The van der Waals surface area contributed by atoms with E-state index < -0.39 is 0 Å². The van der Waals surface area contributed by atoms with E-state index in [0.717, 1.165) is 43.7 Å². The van der Waals surface area contributed by atoms with E-state index in [-0.39, 0.29) is 0 Å². The van der Waals surface area contributed by atoms with E-state index in [1.165, 1.54) is 17.7 Å². The van der Waals surface area contributed by atoms with Crippen LogP contribution in [0.1, 0.15) is 43.5 Å². The average molecular weight is 229 g/mol. The summed E-state index contributed by atoms with van der Waals surface area (Å²) in [7, 11) is 0. The van der Waals surface area contributed by atoms with Crippen molar-refractivity contribution in [3.63, 3.8) is 0 Å². The highest BCUT2D eigenvalue weighted by molar-refractivity contribution is 5.56. The lowest BCUT2D eigenvalue weighted by Crippen LogP contribution is -2.25. The molecule has 0 radical (unpaired) electrons. The third-order valence-corrected chi connectivity index (χ3v) is 3.33. The van der Waals surface area contributed by atoms with Gasteiger partial charge >= 0.3 is 0 Å². The number of hydrogen-bond acceptors (Lipinski definition) is 3. The van der Waals surface area contributed by atoms with Crippen molar-refractivity contribution in [3.8, 4) is 6.07 Å². The molecule has 0 atom stereocenters. The van der Waals surface area contributed by atoms with Gasteiger partial charge < -0.3 is 4.90 Å². The number of aromatic nitrogens is 1. The Balaban J connectivity index is 2.41. The van der Waals surface area contributed by atoms with Gasteiger partial charge in [0, 0.05) is 18.8 Å². The molecule has 3 heteroatoms. The molecule has 90 valence electrons. The maximum atomic E-state index is 9.25. The first-order valence-corrected chi connectivity index (χ1v) is 6.48.